The molecule has 1 radical (unpaired) electrons. The van der Waals surface area contributed by atoms with Gasteiger partial charge in [0.15, 0.2) is 5.69 Å². The molecule has 4 aromatic carbocycles. The number of aromatic amines is 1. The molecular formula is C32H23CrN10Na2O11S+2. The molecule has 0 aliphatic carbocycles. The van der Waals surface area contributed by atoms with Crippen LogP contribution in [0.2, 0.25) is 0 Å². The zero-order chi connectivity index (χ0) is 39.3. The van der Waals surface area contributed by atoms with Gasteiger partial charge in [-0.15, -0.1) is 10.2 Å². The number of hydrogen-bond donors (Lipinski definition) is 2. The molecule has 21 nitrogen and oxygen atoms in total. The SMILES string of the molecule is Cc1[nH]n(-c2ccccc2)c(=O)c1N=Nc1cc([N+](=O)[O-])ccc1[O-].Cc1nn(-c2ccccc2)c([O-])c1N=Nc1cc(S(=O)(=O)O)cc([N+](=O)[O-])c1[O-].[Cr+3].[Na+].[Na+]. The van der Waals surface area contributed by atoms with Crippen LogP contribution in [0.25, 0.3) is 11.4 Å². The number of aryl methyl sites for hydroxylation is 2. The molecule has 0 aliphatic rings. The zero-order valence-electron chi connectivity index (χ0n) is 30.0. The van der Waals surface area contributed by atoms with Crippen LogP contribution in [0.3, 0.4) is 0 Å². The van der Waals surface area contributed by atoms with Crippen molar-refractivity contribution in [3.05, 3.63) is 133 Å². The third kappa shape index (κ3) is 11.3. The van der Waals surface area contributed by atoms with Crippen LogP contribution < -0.4 is 80.0 Å². The van der Waals surface area contributed by atoms with E-state index in [0.717, 1.165) is 22.9 Å². The fourth-order valence-electron chi connectivity index (χ4n) is 4.61. The van der Waals surface area contributed by atoms with Gasteiger partial charge < -0.3 is 15.3 Å². The zero-order valence-corrected chi connectivity index (χ0v) is 36.1. The molecule has 0 saturated heterocycles. The number of hydrogen-bond acceptors (Lipinski definition) is 15. The standard InChI is InChI=1S/C16H13N5O7S.C16H13N5O4.Cr.2Na/c1-9-14(16(23)20(19-9)10-5-3-2-4-6-10)18-17-12-7-11(29(26,27)28)8-13(15(12)22)21(24)25;1-10-15(16(23)20(19-10)11-5-3-2-4-6-11)18-17-13-9-12(21(24)25)7-8-14(13)22;;;/h2-8,22-23H,1H3,(H,26,27,28);2-9,19,22H,1H3;;;/q;;+3;2*+1/p-3. The molecule has 6 rings (SSSR count). The van der Waals surface area contributed by atoms with Crippen molar-refractivity contribution < 1.29 is 115 Å². The van der Waals surface area contributed by atoms with E-state index in [9.17, 15) is 48.8 Å². The molecule has 0 atom stereocenters. The van der Waals surface area contributed by atoms with E-state index in [1.807, 2.05) is 6.07 Å². The van der Waals surface area contributed by atoms with Crippen molar-refractivity contribution in [2.24, 2.45) is 20.5 Å². The van der Waals surface area contributed by atoms with Gasteiger partial charge in [-0.25, -0.2) is 9.36 Å². The van der Waals surface area contributed by atoms with E-state index in [0.29, 0.717) is 29.2 Å². The number of nitrogens with zero attached hydrogens (tertiary/aromatic N) is 9. The van der Waals surface area contributed by atoms with Gasteiger partial charge in [0.25, 0.3) is 27.1 Å². The van der Waals surface area contributed by atoms with Gasteiger partial charge in [0.1, 0.15) is 10.6 Å². The van der Waals surface area contributed by atoms with Crippen LogP contribution in [-0.4, -0.2) is 42.4 Å². The van der Waals surface area contributed by atoms with Crippen LogP contribution in [0.1, 0.15) is 11.4 Å². The van der Waals surface area contributed by atoms with Gasteiger partial charge in [-0.1, -0.05) is 48.2 Å². The summed E-state index contributed by atoms with van der Waals surface area (Å²) in [6.45, 7) is 3.10. The van der Waals surface area contributed by atoms with E-state index >= 15 is 0 Å². The first-order valence-electron chi connectivity index (χ1n) is 15.0. The molecule has 0 aliphatic heterocycles. The second-order valence-electron chi connectivity index (χ2n) is 10.9. The molecule has 0 bridgehead atoms. The monoisotopic (exact) mass is 853 g/mol. The first-order valence-corrected chi connectivity index (χ1v) is 16.5. The van der Waals surface area contributed by atoms with Crippen molar-refractivity contribution in [2.75, 3.05) is 0 Å². The van der Waals surface area contributed by atoms with Crippen LogP contribution in [0.15, 0.2) is 121 Å². The molecule has 2 aromatic heterocycles. The summed E-state index contributed by atoms with van der Waals surface area (Å²) < 4.78 is 34.1. The van der Waals surface area contributed by atoms with Crippen LogP contribution in [-0.2, 0) is 27.5 Å². The second kappa shape index (κ2) is 20.4. The van der Waals surface area contributed by atoms with E-state index in [4.69, 9.17) is 4.55 Å². The topological polar surface area (TPSA) is 315 Å². The molecule has 0 spiro atoms. The molecule has 0 amide bonds. The maximum absolute atomic E-state index is 12.5. The van der Waals surface area contributed by atoms with Crippen molar-refractivity contribution >= 4 is 44.2 Å². The molecule has 2 N–H and O–H groups in total. The Kier molecular flexibility index (Phi) is 17.2. The van der Waals surface area contributed by atoms with Gasteiger partial charge in [-0.05, 0) is 44.2 Å². The minimum absolute atomic E-state index is 0. The maximum atomic E-state index is 12.5. The van der Waals surface area contributed by atoms with Crippen LogP contribution in [0, 0.1) is 34.1 Å². The van der Waals surface area contributed by atoms with E-state index in [-0.39, 0.29) is 105 Å². The molecular weight excluding hydrogens is 830 g/mol. The third-order valence-corrected chi connectivity index (χ3v) is 8.06. The number of non-ortho nitro benzene ring substituents is 1. The Bertz CT molecular complexity index is 2640. The number of nitro groups is 2. The quantitative estimate of drug-likeness (QED) is 0.0568. The van der Waals surface area contributed by atoms with Gasteiger partial charge in [0.2, 0.25) is 0 Å². The summed E-state index contributed by atoms with van der Waals surface area (Å²) in [7, 11) is -4.85. The van der Waals surface area contributed by atoms with E-state index in [1.165, 1.54) is 11.6 Å². The molecule has 279 valence electrons. The largest absolute Gasteiger partial charge is 3.00 e. The Hall–Kier alpha value is -5.06. The summed E-state index contributed by atoms with van der Waals surface area (Å²) in [5.41, 5.74) is -1.31. The first-order chi connectivity index (χ1) is 25.6. The van der Waals surface area contributed by atoms with Gasteiger partial charge >= 0.3 is 76.5 Å². The van der Waals surface area contributed by atoms with Crippen molar-refractivity contribution in [3.63, 3.8) is 0 Å². The molecule has 0 saturated carbocycles. The smallest absolute Gasteiger partial charge is 0.871 e. The molecule has 0 fully saturated rings. The number of aromatic nitrogens is 4. The number of nitro benzene ring substituents is 2. The average Bonchev–Trinajstić information content (AvgIpc) is 3.59. The summed E-state index contributed by atoms with van der Waals surface area (Å²) in [5.74, 6) is -2.41. The fraction of sp³-hybridized carbons (Fsp3) is 0.0625. The van der Waals surface area contributed by atoms with Gasteiger partial charge in [0.05, 0.1) is 44.0 Å². The van der Waals surface area contributed by atoms with Crippen LogP contribution in [0.4, 0.5) is 34.1 Å². The summed E-state index contributed by atoms with van der Waals surface area (Å²) in [6.07, 6.45) is 0. The van der Waals surface area contributed by atoms with E-state index in [1.54, 1.807) is 61.5 Å². The minimum atomic E-state index is -4.85. The van der Waals surface area contributed by atoms with Crippen molar-refractivity contribution in [3.8, 4) is 28.8 Å². The first kappa shape index (κ1) is 48.1. The minimum Gasteiger partial charge on any atom is -0.871 e. The summed E-state index contributed by atoms with van der Waals surface area (Å²) in [5, 5.41) is 79.8. The molecule has 6 aromatic rings. The predicted octanol–water partition coefficient (Wildman–Crippen LogP) is -1.23. The summed E-state index contributed by atoms with van der Waals surface area (Å²) >= 11 is 0. The third-order valence-electron chi connectivity index (χ3n) is 7.23. The Labute approximate surface area is 376 Å². The van der Waals surface area contributed by atoms with E-state index in [2.05, 4.69) is 30.7 Å². The summed E-state index contributed by atoms with van der Waals surface area (Å²) in [4.78, 5) is 31.6. The van der Waals surface area contributed by atoms with Gasteiger partial charge in [0, 0.05) is 29.8 Å². The molecule has 57 heavy (non-hydrogen) atoms. The van der Waals surface area contributed by atoms with Gasteiger partial charge in [-0.2, -0.15) is 23.7 Å². The van der Waals surface area contributed by atoms with Crippen molar-refractivity contribution in [2.45, 2.75) is 18.7 Å². The van der Waals surface area contributed by atoms with Gasteiger partial charge in [-0.3, -0.25) is 34.7 Å². The number of rotatable bonds is 9. The molecule has 0 unspecified atom stereocenters. The van der Waals surface area contributed by atoms with Crippen LogP contribution in [0.5, 0.6) is 17.4 Å². The number of H-pyrrole nitrogens is 1. The Morgan fingerprint density at radius 3 is 1.88 bits per heavy atom. The second-order valence-corrected chi connectivity index (χ2v) is 12.3. The van der Waals surface area contributed by atoms with E-state index < -0.39 is 59.2 Å². The fourth-order valence-corrected chi connectivity index (χ4v) is 5.13. The Morgan fingerprint density at radius 2 is 1.32 bits per heavy atom. The molecule has 2 heterocycles. The maximum Gasteiger partial charge on any atom is 3.00 e. The number of azo groups is 2. The Balaban J connectivity index is 0.000000377. The molecule has 25 heteroatoms. The number of para-hydroxylation sites is 2. The average molecular weight is 854 g/mol. The Morgan fingerprint density at radius 1 is 0.754 bits per heavy atom. The van der Waals surface area contributed by atoms with Crippen molar-refractivity contribution in [1.82, 2.24) is 19.6 Å². The number of nitrogens with one attached hydrogen (secondary N) is 1. The summed E-state index contributed by atoms with van der Waals surface area (Å²) in [6, 6.07) is 21.4. The number of benzene rings is 4. The van der Waals surface area contributed by atoms with Crippen molar-refractivity contribution in [1.29, 1.82) is 0 Å². The normalized spacial score (nSPS) is 10.9. The van der Waals surface area contributed by atoms with Crippen LogP contribution >= 0.6 is 0 Å². The predicted molar refractivity (Wildman–Crippen MR) is 182 cm³/mol.